The first kappa shape index (κ1) is 32.1. The van der Waals surface area contributed by atoms with Crippen LogP contribution in [-0.4, -0.2) is 30.1 Å². The molecule has 230 valence electrons. The summed E-state index contributed by atoms with van der Waals surface area (Å²) in [5.74, 6) is 2.22. The second kappa shape index (κ2) is 13.2. The molecule has 0 fully saturated rings. The third-order valence-corrected chi connectivity index (χ3v) is 6.77. The summed E-state index contributed by atoms with van der Waals surface area (Å²) in [6.45, 7) is 1.80. The number of nitrogens with one attached hydrogen (secondary N) is 3. The molecule has 1 aliphatic carbocycles. The van der Waals surface area contributed by atoms with Gasteiger partial charge in [-0.3, -0.25) is 14.4 Å². The number of carbonyl (C=O) groups is 3. The maximum atomic E-state index is 13.3. The second-order valence-corrected chi connectivity index (χ2v) is 10.1. The summed E-state index contributed by atoms with van der Waals surface area (Å²) in [6, 6.07) is 5.23. The van der Waals surface area contributed by atoms with Gasteiger partial charge in [-0.25, -0.2) is 4.99 Å². The van der Waals surface area contributed by atoms with Crippen molar-refractivity contribution in [2.24, 2.45) is 10.9 Å². The summed E-state index contributed by atoms with van der Waals surface area (Å²) in [6.07, 6.45) is -2.87. The first-order chi connectivity index (χ1) is 20.7. The molecule has 0 saturated heterocycles. The van der Waals surface area contributed by atoms with Gasteiger partial charge in [0, 0.05) is 5.69 Å². The number of allylic oxidation sites excluding steroid dienone is 3. The van der Waals surface area contributed by atoms with Gasteiger partial charge in [-0.1, -0.05) is 49.8 Å². The molecular weight excluding hydrogens is 590 g/mol. The Labute approximate surface area is 248 Å². The number of anilines is 1. The summed E-state index contributed by atoms with van der Waals surface area (Å²) >= 11 is 0. The van der Waals surface area contributed by atoms with Gasteiger partial charge in [-0.2, -0.15) is 26.3 Å². The highest BCUT2D eigenvalue weighted by Crippen LogP contribution is 2.37. The predicted octanol–water partition coefficient (Wildman–Crippen LogP) is 5.94. The Balaban J connectivity index is 1.49. The Morgan fingerprint density at radius 1 is 1.05 bits per heavy atom. The minimum atomic E-state index is -5.10. The summed E-state index contributed by atoms with van der Waals surface area (Å²) in [5, 5.41) is 7.23. The molecule has 1 heterocycles. The average molecular weight is 617 g/mol. The van der Waals surface area contributed by atoms with Crippen molar-refractivity contribution in [2.75, 3.05) is 5.32 Å². The zero-order valence-electron chi connectivity index (χ0n) is 23.2. The molecule has 4 rings (SSSR count). The van der Waals surface area contributed by atoms with Crippen molar-refractivity contribution >= 4 is 41.0 Å². The molecule has 7 nitrogen and oxygen atoms in total. The van der Waals surface area contributed by atoms with E-state index in [9.17, 15) is 40.7 Å². The minimum absolute atomic E-state index is 0.000375. The minimum Gasteiger partial charge on any atom is -0.338 e. The van der Waals surface area contributed by atoms with E-state index in [4.69, 9.17) is 0 Å². The summed E-state index contributed by atoms with van der Waals surface area (Å²) in [7, 11) is 0. The number of fused-ring (bicyclic) bond motifs is 1. The molecule has 0 aromatic heterocycles. The van der Waals surface area contributed by atoms with Crippen molar-refractivity contribution in [3.8, 4) is 11.8 Å². The van der Waals surface area contributed by atoms with Crippen LogP contribution in [0.5, 0.6) is 0 Å². The quantitative estimate of drug-likeness (QED) is 0.194. The molecule has 0 spiro atoms. The lowest BCUT2D eigenvalue weighted by atomic mass is 9.98. The smallest absolute Gasteiger partial charge is 0.338 e. The molecule has 2 aromatic carbocycles. The van der Waals surface area contributed by atoms with Crippen LogP contribution in [0.15, 0.2) is 59.6 Å². The monoisotopic (exact) mass is 616 g/mol. The van der Waals surface area contributed by atoms with Crippen LogP contribution < -0.4 is 16.0 Å². The SMILES string of the molecule is CCCCC(C(=O)Nc1cc(C(F)(F)F)cc(C(F)(F)F)c1)C(=O)NC1C#CC=C(c2ccc3c(c2)N=CNC(=O)C3)C=C1. The van der Waals surface area contributed by atoms with Gasteiger partial charge in [0.05, 0.1) is 29.6 Å². The van der Waals surface area contributed by atoms with E-state index in [1.54, 1.807) is 43.4 Å². The van der Waals surface area contributed by atoms with Crippen molar-refractivity contribution in [2.45, 2.75) is 51.0 Å². The molecule has 2 aliphatic rings. The third kappa shape index (κ3) is 8.15. The van der Waals surface area contributed by atoms with Crippen LogP contribution in [0.2, 0.25) is 0 Å². The molecule has 44 heavy (non-hydrogen) atoms. The van der Waals surface area contributed by atoms with Gasteiger partial charge in [-0.15, -0.1) is 0 Å². The number of carbonyl (C=O) groups excluding carboxylic acids is 3. The largest absolute Gasteiger partial charge is 0.416 e. The molecule has 2 aromatic rings. The molecule has 3 amide bonds. The Kier molecular flexibility index (Phi) is 9.62. The van der Waals surface area contributed by atoms with Crippen LogP contribution in [0.1, 0.15) is 48.4 Å². The van der Waals surface area contributed by atoms with Gasteiger partial charge < -0.3 is 16.0 Å². The Bertz CT molecular complexity index is 1580. The molecule has 0 radical (unpaired) electrons. The average Bonchev–Trinajstić information content (AvgIpc) is 3.29. The van der Waals surface area contributed by atoms with E-state index < -0.39 is 52.9 Å². The van der Waals surface area contributed by atoms with E-state index in [2.05, 4.69) is 32.8 Å². The van der Waals surface area contributed by atoms with E-state index in [1.165, 1.54) is 6.34 Å². The van der Waals surface area contributed by atoms with Gasteiger partial charge in [0.2, 0.25) is 17.7 Å². The molecule has 3 N–H and O–H groups in total. The van der Waals surface area contributed by atoms with Crippen LogP contribution in [0, 0.1) is 17.8 Å². The third-order valence-electron chi connectivity index (χ3n) is 6.77. The Hall–Kier alpha value is -4.86. The van der Waals surface area contributed by atoms with Gasteiger partial charge in [0.25, 0.3) is 0 Å². The standard InChI is InChI=1S/C31H26F6N4O3/c1-2-3-7-25(29(44)41-24-15-21(30(32,33)34)14-22(16-24)31(35,36)37)28(43)40-23-6-4-5-18(10-11-23)19-8-9-20-13-27(42)39-17-38-26(20)12-19/h5,8-12,14-17,23,25H,2-3,7,13H2,1H3,(H,40,43)(H,41,44)(H,38,39,42). The van der Waals surface area contributed by atoms with E-state index in [-0.39, 0.29) is 24.8 Å². The van der Waals surface area contributed by atoms with Crippen LogP contribution in [-0.2, 0) is 33.2 Å². The van der Waals surface area contributed by atoms with E-state index in [1.807, 2.05) is 0 Å². The number of nitrogens with zero attached hydrogens (tertiary/aromatic N) is 1. The number of hydrogen-bond acceptors (Lipinski definition) is 4. The fourth-order valence-electron chi connectivity index (χ4n) is 4.48. The molecule has 0 saturated carbocycles. The van der Waals surface area contributed by atoms with Gasteiger partial charge in [0.1, 0.15) is 12.0 Å². The number of aliphatic imine (C=N–C) groups is 1. The topological polar surface area (TPSA) is 99.7 Å². The van der Waals surface area contributed by atoms with Crippen molar-refractivity contribution in [3.05, 3.63) is 76.9 Å². The Morgan fingerprint density at radius 3 is 2.41 bits per heavy atom. The number of hydrogen-bond donors (Lipinski definition) is 3. The van der Waals surface area contributed by atoms with E-state index in [0.29, 0.717) is 36.2 Å². The Morgan fingerprint density at radius 2 is 1.75 bits per heavy atom. The first-order valence-corrected chi connectivity index (χ1v) is 13.5. The highest BCUT2D eigenvalue weighted by molar-refractivity contribution is 6.06. The normalized spacial score (nSPS) is 16.8. The second-order valence-electron chi connectivity index (χ2n) is 10.1. The van der Waals surface area contributed by atoms with Gasteiger partial charge >= 0.3 is 12.4 Å². The lowest BCUT2D eigenvalue weighted by molar-refractivity contribution is -0.143. The lowest BCUT2D eigenvalue weighted by Gasteiger charge is -2.19. The lowest BCUT2D eigenvalue weighted by Crippen LogP contribution is -2.42. The molecule has 2 atom stereocenters. The van der Waals surface area contributed by atoms with E-state index in [0.717, 1.165) is 11.1 Å². The zero-order valence-corrected chi connectivity index (χ0v) is 23.2. The number of amides is 3. The van der Waals surface area contributed by atoms with E-state index >= 15 is 0 Å². The zero-order chi connectivity index (χ0) is 32.1. The van der Waals surface area contributed by atoms with Crippen LogP contribution in [0.3, 0.4) is 0 Å². The van der Waals surface area contributed by atoms with Crippen LogP contribution in [0.25, 0.3) is 5.57 Å². The highest BCUT2D eigenvalue weighted by Gasteiger charge is 2.37. The van der Waals surface area contributed by atoms with Crippen molar-refractivity contribution in [1.29, 1.82) is 0 Å². The number of unbranched alkanes of at least 4 members (excludes halogenated alkanes) is 1. The molecule has 13 heteroatoms. The summed E-state index contributed by atoms with van der Waals surface area (Å²) in [4.78, 5) is 42.2. The molecular formula is C31H26F6N4O3. The number of rotatable bonds is 8. The number of halogens is 6. The molecule has 1 aliphatic heterocycles. The van der Waals surface area contributed by atoms with Crippen LogP contribution in [0.4, 0.5) is 37.7 Å². The maximum Gasteiger partial charge on any atom is 0.416 e. The van der Waals surface area contributed by atoms with Crippen molar-refractivity contribution < 1.29 is 40.7 Å². The molecule has 0 bridgehead atoms. The number of benzene rings is 2. The van der Waals surface area contributed by atoms with Crippen molar-refractivity contribution in [3.63, 3.8) is 0 Å². The molecule has 2 unspecified atom stereocenters. The number of alkyl halides is 6. The first-order valence-electron chi connectivity index (χ1n) is 13.5. The van der Waals surface area contributed by atoms with Crippen molar-refractivity contribution in [1.82, 2.24) is 10.6 Å². The fraction of sp³-hybridized carbons (Fsp3) is 0.290. The highest BCUT2D eigenvalue weighted by atomic mass is 19.4. The summed E-state index contributed by atoms with van der Waals surface area (Å²) < 4.78 is 79.6. The van der Waals surface area contributed by atoms with Gasteiger partial charge in [-0.05, 0) is 59.5 Å². The maximum absolute atomic E-state index is 13.3. The summed E-state index contributed by atoms with van der Waals surface area (Å²) in [5.41, 5.74) is -1.15. The predicted molar refractivity (Wildman–Crippen MR) is 151 cm³/mol. The fourth-order valence-corrected chi connectivity index (χ4v) is 4.48. The van der Waals surface area contributed by atoms with Gasteiger partial charge in [0.15, 0.2) is 0 Å². The van der Waals surface area contributed by atoms with Crippen LogP contribution >= 0.6 is 0 Å².